The van der Waals surface area contributed by atoms with Crippen LogP contribution in [-0.2, 0) is 6.54 Å². The van der Waals surface area contributed by atoms with E-state index in [-0.39, 0.29) is 0 Å². The van der Waals surface area contributed by atoms with Gasteiger partial charge in [-0.25, -0.2) is 0 Å². The third-order valence-corrected chi connectivity index (χ3v) is 4.50. The highest BCUT2D eigenvalue weighted by Gasteiger charge is 2.06. The van der Waals surface area contributed by atoms with Gasteiger partial charge in [-0.3, -0.25) is 0 Å². The van der Waals surface area contributed by atoms with Crippen molar-refractivity contribution < 1.29 is 0 Å². The fourth-order valence-corrected chi connectivity index (χ4v) is 3.04. The average Bonchev–Trinajstić information content (AvgIpc) is 2.36. The lowest BCUT2D eigenvalue weighted by atomic mass is 10.1. The van der Waals surface area contributed by atoms with E-state index < -0.39 is 0 Å². The van der Waals surface area contributed by atoms with Gasteiger partial charge < -0.3 is 5.73 Å². The summed E-state index contributed by atoms with van der Waals surface area (Å²) in [6.07, 6.45) is 0. The van der Waals surface area contributed by atoms with Gasteiger partial charge >= 0.3 is 0 Å². The highest BCUT2D eigenvalue weighted by atomic mass is 35.5. The molecule has 0 radical (unpaired) electrons. The van der Waals surface area contributed by atoms with Crippen LogP contribution in [0.25, 0.3) is 0 Å². The summed E-state index contributed by atoms with van der Waals surface area (Å²) in [6, 6.07) is 11.7. The van der Waals surface area contributed by atoms with Crippen molar-refractivity contribution in [2.75, 3.05) is 0 Å². The van der Waals surface area contributed by atoms with Crippen molar-refractivity contribution in [3.05, 3.63) is 57.6 Å². The predicted octanol–water partition coefficient (Wildman–Crippen LogP) is 4.91. The molecule has 0 saturated heterocycles. The summed E-state index contributed by atoms with van der Waals surface area (Å²) < 4.78 is 0. The van der Waals surface area contributed by atoms with Crippen LogP contribution in [0.4, 0.5) is 0 Å². The summed E-state index contributed by atoms with van der Waals surface area (Å²) in [5, 5.41) is 1.41. The first kappa shape index (κ1) is 13.8. The molecule has 2 aromatic rings. The molecule has 0 aliphatic carbocycles. The predicted molar refractivity (Wildman–Crippen MR) is 79.7 cm³/mol. The zero-order chi connectivity index (χ0) is 13.1. The number of hydrogen-bond donors (Lipinski definition) is 1. The highest BCUT2D eigenvalue weighted by molar-refractivity contribution is 7.99. The molecule has 0 aliphatic rings. The maximum absolute atomic E-state index is 6.16. The number of aryl methyl sites for hydroxylation is 1. The average molecular weight is 298 g/mol. The summed E-state index contributed by atoms with van der Waals surface area (Å²) in [7, 11) is 0. The highest BCUT2D eigenvalue weighted by Crippen LogP contribution is 2.36. The molecule has 0 atom stereocenters. The largest absolute Gasteiger partial charge is 0.326 e. The second-order valence-corrected chi connectivity index (χ2v) is 5.91. The van der Waals surface area contributed by atoms with Gasteiger partial charge in [-0.15, -0.1) is 0 Å². The van der Waals surface area contributed by atoms with E-state index in [0.717, 1.165) is 15.4 Å². The third kappa shape index (κ3) is 3.21. The minimum absolute atomic E-state index is 0.559. The van der Waals surface area contributed by atoms with Crippen LogP contribution in [0.1, 0.15) is 11.1 Å². The third-order valence-electron chi connectivity index (χ3n) is 2.59. The van der Waals surface area contributed by atoms with Gasteiger partial charge in [0.25, 0.3) is 0 Å². The molecule has 0 aromatic heterocycles. The molecule has 94 valence electrons. The molecule has 0 saturated carbocycles. The van der Waals surface area contributed by atoms with Crippen LogP contribution in [0.3, 0.4) is 0 Å². The Morgan fingerprint density at radius 3 is 2.50 bits per heavy atom. The first-order valence-electron chi connectivity index (χ1n) is 5.52. The van der Waals surface area contributed by atoms with Gasteiger partial charge in [0, 0.05) is 21.4 Å². The Hall–Kier alpha value is -0.670. The molecule has 0 unspecified atom stereocenters. The minimum Gasteiger partial charge on any atom is -0.326 e. The standard InChI is InChI=1S/C14H13Cl2NS/c1-9-6-10(8-17)2-5-13(9)18-14-7-11(15)3-4-12(14)16/h2-7H,8,17H2,1H3. The van der Waals surface area contributed by atoms with Crippen LogP contribution < -0.4 is 5.73 Å². The van der Waals surface area contributed by atoms with Gasteiger partial charge in [0.15, 0.2) is 0 Å². The molecule has 0 fully saturated rings. The minimum atomic E-state index is 0.559. The zero-order valence-corrected chi connectivity index (χ0v) is 12.2. The fourth-order valence-electron chi connectivity index (χ4n) is 1.63. The number of benzene rings is 2. The van der Waals surface area contributed by atoms with Crippen molar-refractivity contribution in [1.82, 2.24) is 0 Å². The topological polar surface area (TPSA) is 26.0 Å². The van der Waals surface area contributed by atoms with E-state index in [1.807, 2.05) is 18.2 Å². The van der Waals surface area contributed by atoms with Crippen LogP contribution in [0.2, 0.25) is 10.0 Å². The summed E-state index contributed by atoms with van der Waals surface area (Å²) in [4.78, 5) is 2.13. The number of halogens is 2. The van der Waals surface area contributed by atoms with Gasteiger partial charge in [-0.1, -0.05) is 47.1 Å². The van der Waals surface area contributed by atoms with Crippen LogP contribution in [0.5, 0.6) is 0 Å². The molecule has 0 heterocycles. The van der Waals surface area contributed by atoms with Gasteiger partial charge in [-0.2, -0.15) is 0 Å². The molecule has 1 nitrogen and oxygen atoms in total. The quantitative estimate of drug-likeness (QED) is 0.871. The zero-order valence-electron chi connectivity index (χ0n) is 9.91. The molecule has 0 bridgehead atoms. The molecular formula is C14H13Cl2NS. The van der Waals surface area contributed by atoms with Crippen LogP contribution in [0.15, 0.2) is 46.2 Å². The SMILES string of the molecule is Cc1cc(CN)ccc1Sc1cc(Cl)ccc1Cl. The van der Waals surface area contributed by atoms with E-state index in [4.69, 9.17) is 28.9 Å². The monoisotopic (exact) mass is 297 g/mol. The molecule has 4 heteroatoms. The molecule has 0 aliphatic heterocycles. The van der Waals surface area contributed by atoms with Crippen LogP contribution in [0, 0.1) is 6.92 Å². The van der Waals surface area contributed by atoms with E-state index in [9.17, 15) is 0 Å². The van der Waals surface area contributed by atoms with Gasteiger partial charge in [0.05, 0.1) is 5.02 Å². The fraction of sp³-hybridized carbons (Fsp3) is 0.143. The summed E-state index contributed by atoms with van der Waals surface area (Å²) in [6.45, 7) is 2.63. The Kier molecular flexibility index (Phi) is 4.57. The lowest BCUT2D eigenvalue weighted by Crippen LogP contribution is -1.96. The Labute approximate surface area is 121 Å². The van der Waals surface area contributed by atoms with E-state index in [2.05, 4.69) is 19.1 Å². The Balaban J connectivity index is 2.31. The summed E-state index contributed by atoms with van der Waals surface area (Å²) in [5.74, 6) is 0. The number of nitrogens with two attached hydrogens (primary N) is 1. The van der Waals surface area contributed by atoms with E-state index in [1.54, 1.807) is 17.8 Å². The van der Waals surface area contributed by atoms with Crippen molar-refractivity contribution in [3.63, 3.8) is 0 Å². The maximum Gasteiger partial charge on any atom is 0.0546 e. The smallest absolute Gasteiger partial charge is 0.0546 e. The Morgan fingerprint density at radius 1 is 1.06 bits per heavy atom. The van der Waals surface area contributed by atoms with Crippen LogP contribution in [-0.4, -0.2) is 0 Å². The molecule has 2 aromatic carbocycles. The number of hydrogen-bond acceptors (Lipinski definition) is 2. The summed E-state index contributed by atoms with van der Waals surface area (Å²) >= 11 is 13.8. The second kappa shape index (κ2) is 5.98. The van der Waals surface area contributed by atoms with Crippen molar-refractivity contribution in [2.24, 2.45) is 5.73 Å². The maximum atomic E-state index is 6.16. The lowest BCUT2D eigenvalue weighted by Gasteiger charge is -2.09. The Bertz CT molecular complexity index is 570. The molecular weight excluding hydrogens is 285 g/mol. The normalized spacial score (nSPS) is 10.7. The Morgan fingerprint density at radius 2 is 1.83 bits per heavy atom. The second-order valence-electron chi connectivity index (χ2n) is 3.98. The molecule has 18 heavy (non-hydrogen) atoms. The first-order valence-corrected chi connectivity index (χ1v) is 7.10. The van der Waals surface area contributed by atoms with E-state index in [1.165, 1.54) is 5.56 Å². The van der Waals surface area contributed by atoms with E-state index in [0.29, 0.717) is 16.6 Å². The molecule has 2 rings (SSSR count). The first-order chi connectivity index (χ1) is 8.60. The number of rotatable bonds is 3. The van der Waals surface area contributed by atoms with Crippen molar-refractivity contribution in [3.8, 4) is 0 Å². The lowest BCUT2D eigenvalue weighted by molar-refractivity contribution is 1.06. The molecule has 0 spiro atoms. The van der Waals surface area contributed by atoms with Crippen LogP contribution >= 0.6 is 35.0 Å². The molecule has 2 N–H and O–H groups in total. The van der Waals surface area contributed by atoms with Gasteiger partial charge in [0.2, 0.25) is 0 Å². The molecule has 0 amide bonds. The van der Waals surface area contributed by atoms with Crippen molar-refractivity contribution in [1.29, 1.82) is 0 Å². The van der Waals surface area contributed by atoms with Crippen molar-refractivity contribution >= 4 is 35.0 Å². The van der Waals surface area contributed by atoms with Gasteiger partial charge in [0.1, 0.15) is 0 Å². The summed E-state index contributed by atoms with van der Waals surface area (Å²) in [5.41, 5.74) is 7.95. The van der Waals surface area contributed by atoms with Gasteiger partial charge in [-0.05, 0) is 42.3 Å². The van der Waals surface area contributed by atoms with E-state index >= 15 is 0 Å². The van der Waals surface area contributed by atoms with Crippen molar-refractivity contribution in [2.45, 2.75) is 23.3 Å².